The molecule has 6 nitrogen and oxygen atoms in total. The Kier molecular flexibility index (Phi) is 12.4. The molecule has 5 N–H and O–H groups in total. The van der Waals surface area contributed by atoms with Gasteiger partial charge in [-0.2, -0.15) is 11.8 Å². The third-order valence-electron chi connectivity index (χ3n) is 3.06. The second-order valence-electron chi connectivity index (χ2n) is 4.94. The minimum Gasteiger partial charge on any atom is -0.382 e. The summed E-state index contributed by atoms with van der Waals surface area (Å²) in [6.07, 6.45) is 3.63. The van der Waals surface area contributed by atoms with E-state index in [4.69, 9.17) is 5.73 Å². The van der Waals surface area contributed by atoms with Crippen molar-refractivity contribution in [3.8, 4) is 0 Å². The number of thioether (sulfide) groups is 1. The second kappa shape index (κ2) is 12.9. The van der Waals surface area contributed by atoms with Gasteiger partial charge in [-0.3, -0.25) is 20.4 Å². The summed E-state index contributed by atoms with van der Waals surface area (Å²) in [5.41, 5.74) is 10.3. The van der Waals surface area contributed by atoms with E-state index in [0.717, 1.165) is 37.2 Å². The van der Waals surface area contributed by atoms with Crippen LogP contribution in [0.5, 0.6) is 0 Å². The van der Waals surface area contributed by atoms with Gasteiger partial charge in [-0.25, -0.2) is 0 Å². The van der Waals surface area contributed by atoms with E-state index in [-0.39, 0.29) is 5.91 Å². The minimum absolute atomic E-state index is 0.248. The number of rotatable bonds is 11. The van der Waals surface area contributed by atoms with Crippen LogP contribution in [0.15, 0.2) is 0 Å². The maximum atomic E-state index is 11.6. The zero-order valence-electron chi connectivity index (χ0n) is 13.1. The molecule has 0 fully saturated rings. The van der Waals surface area contributed by atoms with E-state index in [9.17, 15) is 14.7 Å². The Morgan fingerprint density at radius 3 is 2.52 bits per heavy atom. The van der Waals surface area contributed by atoms with Crippen molar-refractivity contribution in [2.24, 2.45) is 5.73 Å². The topological polar surface area (TPSA) is 104 Å². The minimum atomic E-state index is -1.30. The molecule has 2 atom stereocenters. The molecule has 0 bridgehead atoms. The van der Waals surface area contributed by atoms with Crippen LogP contribution in [0.2, 0.25) is 0 Å². The predicted octanol–water partition coefficient (Wildman–Crippen LogP) is 0.936. The summed E-state index contributed by atoms with van der Waals surface area (Å²) in [5.74, 6) is 0.863. The summed E-state index contributed by atoms with van der Waals surface area (Å²) in [4.78, 5) is 23.1. The van der Waals surface area contributed by atoms with Gasteiger partial charge in [0.25, 0.3) is 5.91 Å². The summed E-state index contributed by atoms with van der Waals surface area (Å²) in [6.45, 7) is 4.14. The van der Waals surface area contributed by atoms with Gasteiger partial charge < -0.3 is 10.8 Å². The Bertz CT molecular complexity index is 303. The Hall–Kier alpha value is -0.790. The Morgan fingerprint density at radius 1 is 1.19 bits per heavy atom. The van der Waals surface area contributed by atoms with E-state index in [1.807, 2.05) is 6.92 Å². The highest BCUT2D eigenvalue weighted by Gasteiger charge is 2.22. The molecule has 2 amide bonds. The molecule has 0 radical (unpaired) electrons. The number of unbranched alkanes of at least 4 members (excludes halogenated alkanes) is 3. The van der Waals surface area contributed by atoms with Crippen LogP contribution in [0, 0.1) is 0 Å². The number of hydrogen-bond donors (Lipinski definition) is 4. The highest BCUT2D eigenvalue weighted by molar-refractivity contribution is 7.99. The first-order valence-corrected chi connectivity index (χ1v) is 8.78. The lowest BCUT2D eigenvalue weighted by Crippen LogP contribution is -2.52. The average Bonchev–Trinajstić information content (AvgIpc) is 2.48. The molecule has 0 saturated carbocycles. The first-order chi connectivity index (χ1) is 10.0. The molecule has 0 aromatic carbocycles. The molecule has 0 rings (SSSR count). The monoisotopic (exact) mass is 319 g/mol. The Labute approximate surface area is 131 Å². The molecule has 21 heavy (non-hydrogen) atoms. The molecule has 0 aliphatic carbocycles. The van der Waals surface area contributed by atoms with Gasteiger partial charge in [-0.05, 0) is 24.3 Å². The van der Waals surface area contributed by atoms with Gasteiger partial charge in [0.2, 0.25) is 5.91 Å². The number of hydrazine groups is 1. The first-order valence-electron chi connectivity index (χ1n) is 7.63. The highest BCUT2D eigenvalue weighted by Crippen LogP contribution is 2.05. The molecule has 0 aliphatic heterocycles. The zero-order valence-corrected chi connectivity index (χ0v) is 13.9. The van der Waals surface area contributed by atoms with Crippen molar-refractivity contribution in [2.45, 2.75) is 64.5 Å². The second-order valence-corrected chi connectivity index (χ2v) is 6.34. The molecule has 0 aliphatic rings. The summed E-state index contributed by atoms with van der Waals surface area (Å²) < 4.78 is 0. The quantitative estimate of drug-likeness (QED) is 0.335. The van der Waals surface area contributed by atoms with Crippen LogP contribution >= 0.6 is 11.8 Å². The highest BCUT2D eigenvalue weighted by atomic mass is 32.2. The summed E-state index contributed by atoms with van der Waals surface area (Å²) in [7, 11) is 0. The molecule has 0 aromatic rings. The normalized spacial score (nSPS) is 13.5. The SMILES string of the molecule is CCCCCCC(=O)NNC(=O)C(O)C(N)CCSCC. The van der Waals surface area contributed by atoms with Gasteiger partial charge in [0, 0.05) is 12.5 Å². The summed E-state index contributed by atoms with van der Waals surface area (Å²) >= 11 is 1.70. The van der Waals surface area contributed by atoms with Crippen molar-refractivity contribution in [1.82, 2.24) is 10.9 Å². The van der Waals surface area contributed by atoms with E-state index >= 15 is 0 Å². The van der Waals surface area contributed by atoms with Gasteiger partial charge in [-0.15, -0.1) is 0 Å². The molecular formula is C14H29N3O3S. The van der Waals surface area contributed by atoms with Gasteiger partial charge in [-0.1, -0.05) is 33.1 Å². The number of aliphatic hydroxyl groups excluding tert-OH is 1. The third-order valence-corrected chi connectivity index (χ3v) is 3.99. The zero-order chi connectivity index (χ0) is 16.1. The van der Waals surface area contributed by atoms with Crippen LogP contribution in [0.1, 0.15) is 52.4 Å². The van der Waals surface area contributed by atoms with Gasteiger partial charge in [0.1, 0.15) is 6.10 Å². The van der Waals surface area contributed by atoms with Crippen molar-refractivity contribution < 1.29 is 14.7 Å². The lowest BCUT2D eigenvalue weighted by Gasteiger charge is -2.18. The molecule has 0 spiro atoms. The van der Waals surface area contributed by atoms with Crippen LogP contribution in [-0.2, 0) is 9.59 Å². The maximum Gasteiger partial charge on any atom is 0.268 e. The first kappa shape index (κ1) is 20.2. The Balaban J connectivity index is 3.82. The van der Waals surface area contributed by atoms with Crippen LogP contribution in [-0.4, -0.2) is 40.6 Å². The van der Waals surface area contributed by atoms with Gasteiger partial charge in [0.15, 0.2) is 0 Å². The molecule has 0 saturated heterocycles. The van der Waals surface area contributed by atoms with Crippen molar-refractivity contribution in [1.29, 1.82) is 0 Å². The predicted molar refractivity (Wildman–Crippen MR) is 86.6 cm³/mol. The van der Waals surface area contributed by atoms with Crippen molar-refractivity contribution in [3.63, 3.8) is 0 Å². The molecule has 0 heterocycles. The van der Waals surface area contributed by atoms with Gasteiger partial charge in [0.05, 0.1) is 0 Å². The molecule has 2 unspecified atom stereocenters. The lowest BCUT2D eigenvalue weighted by molar-refractivity contribution is -0.135. The van der Waals surface area contributed by atoms with E-state index < -0.39 is 18.1 Å². The smallest absolute Gasteiger partial charge is 0.268 e. The fraction of sp³-hybridized carbons (Fsp3) is 0.857. The van der Waals surface area contributed by atoms with Crippen LogP contribution in [0.4, 0.5) is 0 Å². The van der Waals surface area contributed by atoms with Crippen LogP contribution < -0.4 is 16.6 Å². The fourth-order valence-corrected chi connectivity index (χ4v) is 2.42. The van der Waals surface area contributed by atoms with Crippen LogP contribution in [0.3, 0.4) is 0 Å². The standard InChI is InChI=1S/C14H29N3O3S/c1-3-5-6-7-8-12(18)16-17-14(20)13(19)11(15)9-10-21-4-2/h11,13,19H,3-10,15H2,1-2H3,(H,16,18)(H,17,20). The van der Waals surface area contributed by atoms with Crippen molar-refractivity contribution in [3.05, 3.63) is 0 Å². The largest absolute Gasteiger partial charge is 0.382 e. The average molecular weight is 319 g/mol. The third kappa shape index (κ3) is 10.6. The van der Waals surface area contributed by atoms with E-state index in [1.54, 1.807) is 11.8 Å². The number of nitrogens with two attached hydrogens (primary N) is 1. The van der Waals surface area contributed by atoms with Crippen molar-refractivity contribution >= 4 is 23.6 Å². The van der Waals surface area contributed by atoms with E-state index in [1.165, 1.54) is 0 Å². The number of carbonyl (C=O) groups excluding carboxylic acids is 2. The maximum absolute atomic E-state index is 11.6. The van der Waals surface area contributed by atoms with Crippen molar-refractivity contribution in [2.75, 3.05) is 11.5 Å². The van der Waals surface area contributed by atoms with Crippen LogP contribution in [0.25, 0.3) is 0 Å². The number of aliphatic hydroxyl groups is 1. The Morgan fingerprint density at radius 2 is 1.90 bits per heavy atom. The molecule has 0 aromatic heterocycles. The summed E-state index contributed by atoms with van der Waals surface area (Å²) in [5, 5.41) is 9.75. The molecule has 7 heteroatoms. The van der Waals surface area contributed by atoms with Gasteiger partial charge >= 0.3 is 0 Å². The van der Waals surface area contributed by atoms with E-state index in [0.29, 0.717) is 12.8 Å². The number of amides is 2. The number of nitrogens with one attached hydrogen (secondary N) is 2. The molecular weight excluding hydrogens is 290 g/mol. The fourth-order valence-electron chi connectivity index (χ4n) is 1.70. The lowest BCUT2D eigenvalue weighted by atomic mass is 10.1. The number of hydrogen-bond acceptors (Lipinski definition) is 5. The summed E-state index contributed by atoms with van der Waals surface area (Å²) in [6, 6.07) is -0.620. The van der Waals surface area contributed by atoms with E-state index in [2.05, 4.69) is 17.8 Å². The molecule has 124 valence electrons. The number of carbonyl (C=O) groups is 2.